The van der Waals surface area contributed by atoms with E-state index < -0.39 is 0 Å². The molecule has 1 rings (SSSR count). The smallest absolute Gasteiger partial charge is 0.127 e. The van der Waals surface area contributed by atoms with Crippen molar-refractivity contribution in [1.82, 2.24) is 15.4 Å². The van der Waals surface area contributed by atoms with Gasteiger partial charge in [0.1, 0.15) is 5.69 Å². The Morgan fingerprint density at radius 3 is 2.13 bits per heavy atom. The average Bonchev–Trinajstić information content (AvgIpc) is 2.45. The molecule has 0 spiro atoms. The molecule has 0 unspecified atom stereocenters. The van der Waals surface area contributed by atoms with Crippen molar-refractivity contribution in [3.05, 3.63) is 11.4 Å². The molecular formula is C11H20N4. The van der Waals surface area contributed by atoms with Crippen LogP contribution in [0.4, 0.5) is 0 Å². The van der Waals surface area contributed by atoms with Crippen molar-refractivity contribution in [2.75, 3.05) is 0 Å². The number of rotatable bonds is 1. The molecule has 0 bridgehead atoms. The molecule has 84 valence electrons. The number of hydrogen-bond donors (Lipinski definition) is 1. The van der Waals surface area contributed by atoms with Crippen LogP contribution in [0.3, 0.4) is 0 Å². The zero-order valence-corrected chi connectivity index (χ0v) is 10.4. The SMILES string of the molecule is CC(C)(C)N=Cc1n[nH]nc1C(C)(C)C. The van der Waals surface area contributed by atoms with Crippen molar-refractivity contribution < 1.29 is 0 Å². The Labute approximate surface area is 91.2 Å². The summed E-state index contributed by atoms with van der Waals surface area (Å²) >= 11 is 0. The second-order valence-corrected chi connectivity index (χ2v) is 5.74. The van der Waals surface area contributed by atoms with Crippen LogP contribution in [0.1, 0.15) is 52.9 Å². The van der Waals surface area contributed by atoms with Crippen LogP contribution >= 0.6 is 0 Å². The minimum absolute atomic E-state index is 0.00770. The van der Waals surface area contributed by atoms with Crippen LogP contribution in [0, 0.1) is 0 Å². The van der Waals surface area contributed by atoms with E-state index in [0.29, 0.717) is 0 Å². The summed E-state index contributed by atoms with van der Waals surface area (Å²) in [4.78, 5) is 4.43. The third-order valence-corrected chi connectivity index (χ3v) is 1.86. The lowest BCUT2D eigenvalue weighted by Crippen LogP contribution is -2.15. The molecule has 15 heavy (non-hydrogen) atoms. The minimum atomic E-state index is -0.0753. The van der Waals surface area contributed by atoms with Crippen molar-refractivity contribution in [2.24, 2.45) is 4.99 Å². The van der Waals surface area contributed by atoms with Gasteiger partial charge in [0, 0.05) is 5.41 Å². The third kappa shape index (κ3) is 3.46. The van der Waals surface area contributed by atoms with E-state index in [1.54, 1.807) is 6.21 Å². The maximum atomic E-state index is 4.43. The van der Waals surface area contributed by atoms with Gasteiger partial charge in [-0.1, -0.05) is 20.8 Å². The van der Waals surface area contributed by atoms with Crippen LogP contribution in [-0.2, 0) is 5.41 Å². The van der Waals surface area contributed by atoms with Gasteiger partial charge in [0.05, 0.1) is 17.4 Å². The van der Waals surface area contributed by atoms with Crippen molar-refractivity contribution >= 4 is 6.21 Å². The molecule has 0 radical (unpaired) electrons. The van der Waals surface area contributed by atoms with Crippen molar-refractivity contribution in [3.63, 3.8) is 0 Å². The molecule has 0 aromatic carbocycles. The molecule has 1 aromatic heterocycles. The molecule has 0 aliphatic rings. The van der Waals surface area contributed by atoms with E-state index in [-0.39, 0.29) is 11.0 Å². The normalized spacial score (nSPS) is 13.7. The molecule has 1 N–H and O–H groups in total. The fourth-order valence-electron chi connectivity index (χ4n) is 1.14. The highest BCUT2D eigenvalue weighted by Crippen LogP contribution is 2.21. The van der Waals surface area contributed by atoms with E-state index >= 15 is 0 Å². The molecule has 4 heteroatoms. The number of hydrogen-bond acceptors (Lipinski definition) is 3. The number of nitrogens with one attached hydrogen (secondary N) is 1. The first-order valence-corrected chi connectivity index (χ1v) is 5.16. The second-order valence-electron chi connectivity index (χ2n) is 5.74. The van der Waals surface area contributed by atoms with Gasteiger partial charge in [0.15, 0.2) is 0 Å². The predicted octanol–water partition coefficient (Wildman–Crippen LogP) is 2.32. The minimum Gasteiger partial charge on any atom is -0.285 e. The standard InChI is InChI=1S/C11H20N4/c1-10(2,3)9-8(13-15-14-9)7-12-11(4,5)6/h7H,1-6H3,(H,13,14,15). The Hall–Kier alpha value is -1.19. The fraction of sp³-hybridized carbons (Fsp3) is 0.727. The maximum Gasteiger partial charge on any atom is 0.127 e. The number of aromatic amines is 1. The highest BCUT2D eigenvalue weighted by atomic mass is 15.3. The van der Waals surface area contributed by atoms with Gasteiger partial charge < -0.3 is 0 Å². The molecule has 0 atom stereocenters. The highest BCUT2D eigenvalue weighted by Gasteiger charge is 2.21. The lowest BCUT2D eigenvalue weighted by Gasteiger charge is -2.15. The summed E-state index contributed by atoms with van der Waals surface area (Å²) in [5.74, 6) is 0. The summed E-state index contributed by atoms with van der Waals surface area (Å²) < 4.78 is 0. The Morgan fingerprint density at radius 1 is 1.07 bits per heavy atom. The van der Waals surface area contributed by atoms with Crippen LogP contribution in [0.2, 0.25) is 0 Å². The summed E-state index contributed by atoms with van der Waals surface area (Å²) in [5.41, 5.74) is 1.70. The fourth-order valence-corrected chi connectivity index (χ4v) is 1.14. The van der Waals surface area contributed by atoms with Gasteiger partial charge in [-0.25, -0.2) is 0 Å². The zero-order valence-electron chi connectivity index (χ0n) is 10.4. The number of aliphatic imine (C=N–C) groups is 1. The third-order valence-electron chi connectivity index (χ3n) is 1.86. The van der Waals surface area contributed by atoms with Crippen LogP contribution < -0.4 is 0 Å². The topological polar surface area (TPSA) is 53.9 Å². The van der Waals surface area contributed by atoms with Gasteiger partial charge in [0.25, 0.3) is 0 Å². The first-order valence-electron chi connectivity index (χ1n) is 5.16. The molecule has 0 saturated heterocycles. The summed E-state index contributed by atoms with van der Waals surface area (Å²) in [6.45, 7) is 12.5. The molecule has 0 amide bonds. The van der Waals surface area contributed by atoms with E-state index in [0.717, 1.165) is 11.4 Å². The Balaban J connectivity index is 2.98. The molecule has 1 heterocycles. The molecule has 0 saturated carbocycles. The van der Waals surface area contributed by atoms with Gasteiger partial charge >= 0.3 is 0 Å². The second kappa shape index (κ2) is 3.76. The van der Waals surface area contributed by atoms with E-state index in [4.69, 9.17) is 0 Å². The van der Waals surface area contributed by atoms with E-state index in [1.807, 2.05) is 0 Å². The molecular weight excluding hydrogens is 188 g/mol. The van der Waals surface area contributed by atoms with Crippen molar-refractivity contribution in [3.8, 4) is 0 Å². The summed E-state index contributed by atoms with van der Waals surface area (Å²) in [6.07, 6.45) is 1.80. The maximum absolute atomic E-state index is 4.43. The largest absolute Gasteiger partial charge is 0.285 e. The number of aromatic nitrogens is 3. The lowest BCUT2D eigenvalue weighted by atomic mass is 9.91. The summed E-state index contributed by atoms with van der Waals surface area (Å²) in [7, 11) is 0. The Kier molecular flexibility index (Phi) is 2.98. The Morgan fingerprint density at radius 2 is 1.67 bits per heavy atom. The van der Waals surface area contributed by atoms with Gasteiger partial charge in [0.2, 0.25) is 0 Å². The molecule has 1 aromatic rings. The van der Waals surface area contributed by atoms with Crippen LogP contribution in [0.15, 0.2) is 4.99 Å². The van der Waals surface area contributed by atoms with Crippen molar-refractivity contribution in [2.45, 2.75) is 52.5 Å². The summed E-state index contributed by atoms with van der Waals surface area (Å²) in [6, 6.07) is 0. The average molecular weight is 208 g/mol. The quantitative estimate of drug-likeness (QED) is 0.720. The van der Waals surface area contributed by atoms with Gasteiger partial charge in [-0.3, -0.25) is 4.99 Å². The molecule has 0 aliphatic carbocycles. The van der Waals surface area contributed by atoms with E-state index in [2.05, 4.69) is 61.9 Å². The van der Waals surface area contributed by atoms with Gasteiger partial charge in [-0.2, -0.15) is 15.4 Å². The first kappa shape index (κ1) is 11.9. The predicted molar refractivity (Wildman–Crippen MR) is 62.4 cm³/mol. The summed E-state index contributed by atoms with van der Waals surface area (Å²) in [5, 5.41) is 10.9. The van der Waals surface area contributed by atoms with Crippen LogP contribution in [0.25, 0.3) is 0 Å². The van der Waals surface area contributed by atoms with Gasteiger partial charge in [-0.15, -0.1) is 0 Å². The molecule has 0 aliphatic heterocycles. The Bertz CT molecular complexity index is 349. The molecule has 4 nitrogen and oxygen atoms in total. The lowest BCUT2D eigenvalue weighted by molar-refractivity contribution is 0.564. The monoisotopic (exact) mass is 208 g/mol. The number of nitrogens with zero attached hydrogens (tertiary/aromatic N) is 3. The van der Waals surface area contributed by atoms with Crippen molar-refractivity contribution in [1.29, 1.82) is 0 Å². The number of H-pyrrole nitrogens is 1. The first-order chi connectivity index (χ1) is 6.70. The highest BCUT2D eigenvalue weighted by molar-refractivity contribution is 5.79. The van der Waals surface area contributed by atoms with Gasteiger partial charge in [-0.05, 0) is 20.8 Å². The van der Waals surface area contributed by atoms with E-state index in [9.17, 15) is 0 Å². The van der Waals surface area contributed by atoms with Crippen LogP contribution in [-0.4, -0.2) is 27.2 Å². The molecule has 0 fully saturated rings. The zero-order chi connectivity index (χ0) is 11.7. The van der Waals surface area contributed by atoms with Crippen LogP contribution in [0.5, 0.6) is 0 Å². The van der Waals surface area contributed by atoms with E-state index in [1.165, 1.54) is 0 Å².